The molecule has 1 aromatic heterocycles. The van der Waals surface area contributed by atoms with Gasteiger partial charge in [0.25, 0.3) is 0 Å². The number of amides is 1. The van der Waals surface area contributed by atoms with Crippen LogP contribution < -0.4 is 10.1 Å². The molecule has 28 heavy (non-hydrogen) atoms. The zero-order valence-corrected chi connectivity index (χ0v) is 16.0. The molecule has 1 N–H and O–H groups in total. The molecule has 0 aliphatic carbocycles. The minimum absolute atomic E-state index is 0.109. The lowest BCUT2D eigenvalue weighted by atomic mass is 10.2. The number of fused-ring (bicyclic) bond motifs is 1. The Bertz CT molecular complexity index is 1150. The summed E-state index contributed by atoms with van der Waals surface area (Å²) >= 11 is 6.16. The average Bonchev–Trinajstić information content (AvgIpc) is 3.08. The quantitative estimate of drug-likeness (QED) is 0.520. The second-order valence-electron chi connectivity index (χ2n) is 6.27. The maximum absolute atomic E-state index is 12.7. The smallest absolute Gasteiger partial charge is 0.244 e. The van der Waals surface area contributed by atoms with E-state index in [2.05, 4.69) is 5.32 Å². The third kappa shape index (κ3) is 3.57. The van der Waals surface area contributed by atoms with Gasteiger partial charge in [-0.05, 0) is 36.4 Å². The zero-order chi connectivity index (χ0) is 19.5. The fraction of sp³-hybridized carbons (Fsp3) is 0.0909. The maximum atomic E-state index is 12.7. The predicted octanol–water partition coefficient (Wildman–Crippen LogP) is 5.00. The van der Waals surface area contributed by atoms with Gasteiger partial charge < -0.3 is 14.6 Å². The van der Waals surface area contributed by atoms with E-state index in [0.717, 1.165) is 22.3 Å². The number of nitrogens with zero attached hydrogens (tertiary/aromatic N) is 2. The molecule has 1 amide bonds. The van der Waals surface area contributed by atoms with Gasteiger partial charge in [0.15, 0.2) is 0 Å². The van der Waals surface area contributed by atoms with Crippen LogP contribution in [-0.4, -0.2) is 22.6 Å². The van der Waals surface area contributed by atoms with Crippen molar-refractivity contribution in [3.8, 4) is 17.1 Å². The van der Waals surface area contributed by atoms with Crippen molar-refractivity contribution in [1.29, 1.82) is 0 Å². The van der Waals surface area contributed by atoms with Crippen molar-refractivity contribution in [1.82, 2.24) is 9.55 Å². The normalized spacial score (nSPS) is 10.8. The van der Waals surface area contributed by atoms with Crippen molar-refractivity contribution in [2.24, 2.45) is 0 Å². The fourth-order valence-corrected chi connectivity index (χ4v) is 3.30. The summed E-state index contributed by atoms with van der Waals surface area (Å²) in [5.74, 6) is 1.26. The van der Waals surface area contributed by atoms with Crippen LogP contribution in [0.4, 0.5) is 5.69 Å². The van der Waals surface area contributed by atoms with E-state index in [1.54, 1.807) is 19.2 Å². The summed E-state index contributed by atoms with van der Waals surface area (Å²) in [5, 5.41) is 3.37. The lowest BCUT2D eigenvalue weighted by molar-refractivity contribution is -0.116. The summed E-state index contributed by atoms with van der Waals surface area (Å²) in [6, 6.07) is 22.5. The summed E-state index contributed by atoms with van der Waals surface area (Å²) in [7, 11) is 1.62. The number of halogens is 1. The zero-order valence-electron chi connectivity index (χ0n) is 15.2. The monoisotopic (exact) mass is 391 g/mol. The highest BCUT2D eigenvalue weighted by atomic mass is 35.5. The minimum atomic E-state index is -0.180. The first-order valence-electron chi connectivity index (χ1n) is 8.80. The van der Waals surface area contributed by atoms with Gasteiger partial charge in [0, 0.05) is 5.56 Å². The van der Waals surface area contributed by atoms with Crippen LogP contribution in [0.3, 0.4) is 0 Å². The second kappa shape index (κ2) is 7.74. The number of imidazole rings is 1. The molecule has 140 valence electrons. The van der Waals surface area contributed by atoms with E-state index in [9.17, 15) is 4.79 Å². The molecule has 4 aromatic rings. The van der Waals surface area contributed by atoms with Crippen molar-refractivity contribution in [3.63, 3.8) is 0 Å². The average molecular weight is 392 g/mol. The molecule has 5 nitrogen and oxygen atoms in total. The molecule has 0 radical (unpaired) electrons. The number of methoxy groups -OCH3 is 1. The van der Waals surface area contributed by atoms with Crippen molar-refractivity contribution in [2.75, 3.05) is 12.4 Å². The van der Waals surface area contributed by atoms with Gasteiger partial charge in [-0.25, -0.2) is 4.98 Å². The third-order valence-electron chi connectivity index (χ3n) is 4.43. The topological polar surface area (TPSA) is 56.2 Å². The molecule has 0 atom stereocenters. The van der Waals surface area contributed by atoms with Crippen molar-refractivity contribution in [3.05, 3.63) is 77.8 Å². The summed E-state index contributed by atoms with van der Waals surface area (Å²) in [4.78, 5) is 17.5. The molecule has 6 heteroatoms. The summed E-state index contributed by atoms with van der Waals surface area (Å²) < 4.78 is 7.23. The van der Waals surface area contributed by atoms with E-state index in [0.29, 0.717) is 16.5 Å². The number of rotatable bonds is 5. The Morgan fingerprint density at radius 2 is 1.86 bits per heavy atom. The number of nitrogens with one attached hydrogen (secondary N) is 1. The van der Waals surface area contributed by atoms with E-state index >= 15 is 0 Å². The molecule has 3 aromatic carbocycles. The number of benzene rings is 3. The van der Waals surface area contributed by atoms with Crippen LogP contribution in [-0.2, 0) is 11.3 Å². The van der Waals surface area contributed by atoms with Gasteiger partial charge in [-0.2, -0.15) is 0 Å². The Morgan fingerprint density at radius 3 is 2.68 bits per heavy atom. The standard InChI is InChI=1S/C22H18ClN3O2/c1-28-16-8-6-7-15(13-16)22-25-19-11-4-5-12-20(19)26(22)14-21(27)24-18-10-3-2-9-17(18)23/h2-13H,14H2,1H3,(H,24,27). The van der Waals surface area contributed by atoms with Gasteiger partial charge >= 0.3 is 0 Å². The Kier molecular flexibility index (Phi) is 5.00. The number of anilines is 1. The molecule has 0 unspecified atom stereocenters. The lowest BCUT2D eigenvalue weighted by Gasteiger charge is -2.11. The van der Waals surface area contributed by atoms with Crippen LogP contribution in [0.2, 0.25) is 5.02 Å². The van der Waals surface area contributed by atoms with Crippen LogP contribution in [0.15, 0.2) is 72.8 Å². The molecule has 0 spiro atoms. The van der Waals surface area contributed by atoms with Gasteiger partial charge in [-0.1, -0.05) is 48.0 Å². The van der Waals surface area contributed by atoms with Gasteiger partial charge in [-0.3, -0.25) is 4.79 Å². The van der Waals surface area contributed by atoms with E-state index in [-0.39, 0.29) is 12.5 Å². The van der Waals surface area contributed by atoms with Gasteiger partial charge in [0.1, 0.15) is 18.1 Å². The number of para-hydroxylation sites is 3. The molecule has 1 heterocycles. The second-order valence-corrected chi connectivity index (χ2v) is 6.68. The van der Waals surface area contributed by atoms with Crippen LogP contribution >= 0.6 is 11.6 Å². The summed E-state index contributed by atoms with van der Waals surface area (Å²) in [5.41, 5.74) is 3.17. The molecule has 0 bridgehead atoms. The SMILES string of the molecule is COc1cccc(-c2nc3ccccc3n2CC(=O)Nc2ccccc2Cl)c1. The molecular formula is C22H18ClN3O2. The summed E-state index contributed by atoms with van der Waals surface area (Å²) in [6.07, 6.45) is 0. The molecular weight excluding hydrogens is 374 g/mol. The van der Waals surface area contributed by atoms with Crippen LogP contribution in [0.5, 0.6) is 5.75 Å². The first-order chi connectivity index (χ1) is 13.7. The highest BCUT2D eigenvalue weighted by Gasteiger charge is 2.16. The Morgan fingerprint density at radius 1 is 1.07 bits per heavy atom. The van der Waals surface area contributed by atoms with Crippen LogP contribution in [0.1, 0.15) is 0 Å². The van der Waals surface area contributed by atoms with Gasteiger partial charge in [0.05, 0.1) is 28.9 Å². The Balaban J connectivity index is 1.73. The first kappa shape index (κ1) is 18.1. The first-order valence-corrected chi connectivity index (χ1v) is 9.17. The highest BCUT2D eigenvalue weighted by Crippen LogP contribution is 2.28. The summed E-state index contributed by atoms with van der Waals surface area (Å²) in [6.45, 7) is 0.109. The lowest BCUT2D eigenvalue weighted by Crippen LogP contribution is -2.19. The minimum Gasteiger partial charge on any atom is -0.497 e. The molecule has 0 fully saturated rings. The molecule has 0 aliphatic heterocycles. The molecule has 4 rings (SSSR count). The van der Waals surface area contributed by atoms with E-state index in [4.69, 9.17) is 21.3 Å². The number of carbonyl (C=O) groups excluding carboxylic acids is 1. The van der Waals surface area contributed by atoms with Crippen molar-refractivity contribution >= 4 is 34.2 Å². The van der Waals surface area contributed by atoms with Crippen molar-refractivity contribution in [2.45, 2.75) is 6.54 Å². The number of ether oxygens (including phenoxy) is 1. The molecule has 0 saturated heterocycles. The largest absolute Gasteiger partial charge is 0.497 e. The van der Waals surface area contributed by atoms with Crippen LogP contribution in [0.25, 0.3) is 22.4 Å². The van der Waals surface area contributed by atoms with E-state index < -0.39 is 0 Å². The number of aromatic nitrogens is 2. The van der Waals surface area contributed by atoms with E-state index in [1.807, 2.05) is 65.2 Å². The van der Waals surface area contributed by atoms with Crippen LogP contribution in [0, 0.1) is 0 Å². The van der Waals surface area contributed by atoms with Gasteiger partial charge in [0.2, 0.25) is 5.91 Å². The van der Waals surface area contributed by atoms with E-state index in [1.165, 1.54) is 0 Å². The molecule has 0 aliphatic rings. The predicted molar refractivity (Wildman–Crippen MR) is 112 cm³/mol. The highest BCUT2D eigenvalue weighted by molar-refractivity contribution is 6.33. The van der Waals surface area contributed by atoms with Crippen molar-refractivity contribution < 1.29 is 9.53 Å². The Hall–Kier alpha value is -3.31. The van der Waals surface area contributed by atoms with Gasteiger partial charge in [-0.15, -0.1) is 0 Å². The third-order valence-corrected chi connectivity index (χ3v) is 4.76. The number of hydrogen-bond acceptors (Lipinski definition) is 3. The molecule has 0 saturated carbocycles. The Labute approximate surface area is 167 Å². The number of hydrogen-bond donors (Lipinski definition) is 1. The number of carbonyl (C=O) groups is 1. The maximum Gasteiger partial charge on any atom is 0.244 e. The fourth-order valence-electron chi connectivity index (χ4n) is 3.11.